The molecule has 28 nitrogen and oxygen atoms in total. The van der Waals surface area contributed by atoms with E-state index in [0.29, 0.717) is 55.8 Å². The summed E-state index contributed by atoms with van der Waals surface area (Å²) in [4.78, 5) is 202. The average molecular weight is 1650 g/mol. The number of esters is 2. The first-order valence-electron chi connectivity index (χ1n) is 41.7. The van der Waals surface area contributed by atoms with E-state index in [-0.39, 0.29) is 80.5 Å². The number of ether oxygens (including phenoxy) is 2. The van der Waals surface area contributed by atoms with Gasteiger partial charge in [0, 0.05) is 74.8 Å². The number of unbranched alkanes of at least 4 members (excludes halogenated alkanes) is 4. The van der Waals surface area contributed by atoms with Gasteiger partial charge in [-0.25, -0.2) is 9.59 Å². The van der Waals surface area contributed by atoms with E-state index >= 15 is 33.6 Å². The maximum atomic E-state index is 15.8. The number of amides is 11. The largest absolute Gasteiger partial charge is 0.465 e. The van der Waals surface area contributed by atoms with Crippen LogP contribution in [0.1, 0.15) is 226 Å². The third-order valence-electron chi connectivity index (χ3n) is 21.9. The van der Waals surface area contributed by atoms with Gasteiger partial charge in [0.15, 0.2) is 0 Å². The van der Waals surface area contributed by atoms with E-state index in [2.05, 4.69) is 26.2 Å². The topological polar surface area (TPSA) is 335 Å². The molecular weight excluding hydrogens is 1500 g/mol. The van der Waals surface area contributed by atoms with Crippen LogP contribution in [0.25, 0.3) is 0 Å². The van der Waals surface area contributed by atoms with Crippen molar-refractivity contribution in [3.63, 3.8) is 0 Å². The summed E-state index contributed by atoms with van der Waals surface area (Å²) in [6.45, 7) is 30.5. The third-order valence-corrected chi connectivity index (χ3v) is 23.0. The minimum atomic E-state index is -1.26. The van der Waals surface area contributed by atoms with Crippen molar-refractivity contribution in [1.82, 2.24) is 60.5 Å². The van der Waals surface area contributed by atoms with Crippen LogP contribution in [-0.2, 0) is 75.3 Å². The molecule has 0 radical (unpaired) electrons. The van der Waals surface area contributed by atoms with Crippen LogP contribution in [-0.4, -0.2) is 276 Å². The first-order valence-corrected chi connectivity index (χ1v) is 42.9. The first-order chi connectivity index (χ1) is 54.4. The van der Waals surface area contributed by atoms with Gasteiger partial charge in [-0.2, -0.15) is 11.8 Å². The summed E-state index contributed by atoms with van der Waals surface area (Å²) in [5.41, 5.74) is 2.85. The molecule has 12 atom stereocenters. The highest BCUT2D eigenvalue weighted by Gasteiger charge is 2.45. The monoisotopic (exact) mass is 1650 g/mol. The van der Waals surface area contributed by atoms with E-state index in [4.69, 9.17) is 9.47 Å². The Kier molecular flexibility index (Phi) is 43.9. The van der Waals surface area contributed by atoms with Gasteiger partial charge in [0.05, 0.1) is 25.3 Å². The molecule has 2 aromatic rings. The summed E-state index contributed by atoms with van der Waals surface area (Å²) < 4.78 is 9.85. The Morgan fingerprint density at radius 1 is 0.431 bits per heavy atom. The third kappa shape index (κ3) is 30.9. The van der Waals surface area contributed by atoms with Gasteiger partial charge in [-0.05, 0) is 161 Å². The fourth-order valence-corrected chi connectivity index (χ4v) is 15.9. The summed E-state index contributed by atoms with van der Waals surface area (Å²) in [5, 5.41) is 21.1. The van der Waals surface area contributed by atoms with Crippen molar-refractivity contribution in [3.8, 4) is 0 Å². The molecule has 0 unspecified atom stereocenters. The molecule has 1 aliphatic rings. The molecule has 1 heterocycles. The lowest BCUT2D eigenvalue weighted by Crippen LogP contribution is -2.62. The predicted molar refractivity (Wildman–Crippen MR) is 453 cm³/mol. The van der Waals surface area contributed by atoms with Crippen molar-refractivity contribution >= 4 is 88.7 Å². The maximum Gasteiger partial charge on any atom is 0.337 e. The van der Waals surface area contributed by atoms with Crippen molar-refractivity contribution in [2.45, 2.75) is 274 Å². The number of hydrogen-bond acceptors (Lipinski definition) is 18. The Balaban J connectivity index is 2.30. The van der Waals surface area contributed by atoms with E-state index in [1.807, 2.05) is 86.6 Å². The molecule has 0 bridgehead atoms. The number of hydrogen-bond donors (Lipinski definition) is 5. The fourth-order valence-electron chi connectivity index (χ4n) is 14.7. The summed E-state index contributed by atoms with van der Waals surface area (Å²) >= 11 is 1.38. The summed E-state index contributed by atoms with van der Waals surface area (Å²) in [6, 6.07) is 1.20. The number of likely N-dealkylation sites (N-methyl/N-ethyl adjacent to an activating group) is 7. The number of thioether (sulfide) groups is 1. The number of aliphatic hydroxyl groups is 1. The average Bonchev–Trinajstić information content (AvgIpc) is 0.803. The normalized spacial score (nSPS) is 23.1. The molecule has 654 valence electrons. The lowest BCUT2D eigenvalue weighted by molar-refractivity contribution is -0.156. The Morgan fingerprint density at radius 2 is 0.828 bits per heavy atom. The van der Waals surface area contributed by atoms with Gasteiger partial charge < -0.3 is 70.1 Å². The van der Waals surface area contributed by atoms with E-state index in [9.17, 15) is 33.9 Å². The molecular formula is C87H144N12O16S. The van der Waals surface area contributed by atoms with Gasteiger partial charge >= 0.3 is 11.9 Å². The molecule has 3 rings (SSSR count). The molecule has 1 aliphatic heterocycles. The SMILES string of the molecule is CC[C@@H]1NC(=O)[C@H](C[C@H](C)CCCCCCN(Cc2ccc(C(=O)OC)cc2)Cc2ccc(C(=O)OC)cc2)N(C)C(=O)[C@H](C(C)C)N(C)C(=O)[C@H](CC(C)C)N(C)C(=O)[C@@H](CC(C)C)N(C)C(=O)[C@H](C)NC(=O)[C@@H](C)NC(=O)[C@@H](CC(C)C)N(C)C(=O)[C@@H](C(C)C)NC(=O)[C@H](CC(C)C)N(C)C(=O)[C@@H](CSCCCCO)N(C)C1=O. The molecule has 29 heteroatoms. The van der Waals surface area contributed by atoms with Gasteiger partial charge in [0.2, 0.25) is 65.0 Å². The Bertz CT molecular complexity index is 3460. The van der Waals surface area contributed by atoms with Crippen LogP contribution < -0.4 is 21.3 Å². The zero-order valence-corrected chi connectivity index (χ0v) is 75.3. The standard InChI is InChI=1S/C87H144N12O16S/c1-26-66-80(106)97(22)72(52-116-44-32-31-43-100)83(109)92(17)68(46-54(4)5)78(104)91-73(57(10)11)84(110)93(18)67(45-53(2)3)76(102)88-60(15)75(101)89-61(16)79(105)95(20)70(47-55(6)7)81(107)96(21)71(48-56(8)9)82(108)98(23)74(58(12)13)85(111)94(19)69(77(103)90-66)49-59(14)33-29-27-28-30-42-99(50-62-34-38-64(39-35-62)86(112)114-24)51-63-36-40-65(41-37-63)87(113)115-25/h34-41,53-61,66-74,100H,26-33,42-52H2,1-25H3,(H,88,102)(H,89,101)(H,90,103)(H,91,104)/t59-,60-,61+,66+,67-,68+,69+,70-,71+,72-,73-,74+/m1/s1. The molecule has 5 N–H and O–H groups in total. The molecule has 0 aromatic heterocycles. The van der Waals surface area contributed by atoms with Crippen LogP contribution in [0.15, 0.2) is 48.5 Å². The second-order valence-corrected chi connectivity index (χ2v) is 35.4. The van der Waals surface area contributed by atoms with Crippen molar-refractivity contribution < 1.29 is 76.9 Å². The molecule has 11 amide bonds. The van der Waals surface area contributed by atoms with E-state index in [1.54, 1.807) is 58.9 Å². The summed E-state index contributed by atoms with van der Waals surface area (Å²) in [5.74, 6) is -9.33. The van der Waals surface area contributed by atoms with Crippen molar-refractivity contribution in [2.75, 3.05) is 88.2 Å². The molecule has 0 aliphatic carbocycles. The van der Waals surface area contributed by atoms with Crippen LogP contribution in [0, 0.1) is 41.4 Å². The number of nitrogens with zero attached hydrogens (tertiary/aromatic N) is 8. The van der Waals surface area contributed by atoms with Gasteiger partial charge in [-0.1, -0.05) is 147 Å². The van der Waals surface area contributed by atoms with E-state index < -0.39 is 155 Å². The van der Waals surface area contributed by atoms with Crippen molar-refractivity contribution in [3.05, 3.63) is 70.8 Å². The van der Waals surface area contributed by atoms with Gasteiger partial charge in [0.1, 0.15) is 66.5 Å². The van der Waals surface area contributed by atoms with Gasteiger partial charge in [-0.15, -0.1) is 0 Å². The van der Waals surface area contributed by atoms with Crippen LogP contribution >= 0.6 is 11.8 Å². The molecule has 0 saturated carbocycles. The molecule has 0 spiro atoms. The zero-order chi connectivity index (χ0) is 87.9. The molecule has 116 heavy (non-hydrogen) atoms. The highest BCUT2D eigenvalue weighted by atomic mass is 32.2. The smallest absolute Gasteiger partial charge is 0.337 e. The summed E-state index contributed by atoms with van der Waals surface area (Å²) in [7, 11) is 13.0. The Hall–Kier alpha value is -8.18. The number of benzene rings is 2. The lowest BCUT2D eigenvalue weighted by Gasteiger charge is -2.41. The second-order valence-electron chi connectivity index (χ2n) is 34.2. The molecule has 2 aromatic carbocycles. The van der Waals surface area contributed by atoms with Crippen molar-refractivity contribution in [2.24, 2.45) is 41.4 Å². The second kappa shape index (κ2) is 49.9. The maximum absolute atomic E-state index is 15.8. The highest BCUT2D eigenvalue weighted by molar-refractivity contribution is 7.99. The molecule has 1 fully saturated rings. The summed E-state index contributed by atoms with van der Waals surface area (Å²) in [6.07, 6.45) is 5.65. The Labute approximate surface area is 696 Å². The minimum Gasteiger partial charge on any atom is -0.465 e. The molecule has 1 saturated heterocycles. The number of nitrogens with one attached hydrogen (secondary N) is 4. The number of carbonyl (C=O) groups is 13. The van der Waals surface area contributed by atoms with Crippen molar-refractivity contribution in [1.29, 1.82) is 0 Å². The number of carbonyl (C=O) groups excluding carboxylic acids is 13. The fraction of sp³-hybridized carbons (Fsp3) is 0.713. The Morgan fingerprint density at radius 3 is 1.28 bits per heavy atom. The zero-order valence-electron chi connectivity index (χ0n) is 74.5. The minimum absolute atomic E-state index is 0.0392. The number of rotatable bonds is 32. The van der Waals surface area contributed by atoms with Crippen LogP contribution in [0.5, 0.6) is 0 Å². The highest BCUT2D eigenvalue weighted by Crippen LogP contribution is 2.28. The number of aliphatic hydroxyl groups excluding tert-OH is 1. The van der Waals surface area contributed by atoms with Crippen LogP contribution in [0.2, 0.25) is 0 Å². The van der Waals surface area contributed by atoms with Crippen LogP contribution in [0.3, 0.4) is 0 Å². The van der Waals surface area contributed by atoms with Gasteiger partial charge in [-0.3, -0.25) is 57.6 Å². The number of methoxy groups -OCH3 is 2. The quantitative estimate of drug-likeness (QED) is 0.0339. The van der Waals surface area contributed by atoms with Crippen LogP contribution in [0.4, 0.5) is 0 Å². The van der Waals surface area contributed by atoms with E-state index in [0.717, 1.165) is 36.8 Å². The van der Waals surface area contributed by atoms with Gasteiger partial charge in [0.25, 0.3) is 0 Å². The lowest BCUT2D eigenvalue weighted by atomic mass is 9.92. The first kappa shape index (κ1) is 102. The predicted octanol–water partition coefficient (Wildman–Crippen LogP) is 8.43. The van der Waals surface area contributed by atoms with E-state index in [1.165, 1.54) is 123 Å².